The summed E-state index contributed by atoms with van der Waals surface area (Å²) in [6.07, 6.45) is -1.86. The molecule has 2 aromatic carbocycles. The Labute approximate surface area is 228 Å². The van der Waals surface area contributed by atoms with Gasteiger partial charge in [-0.15, -0.1) is 0 Å². The first-order valence-corrected chi connectivity index (χ1v) is 12.1. The Balaban J connectivity index is 1.87. The first-order valence-electron chi connectivity index (χ1n) is 12.1. The molecule has 0 aliphatic carbocycles. The topological polar surface area (TPSA) is 109 Å². The number of pyridine rings is 1. The van der Waals surface area contributed by atoms with Crippen LogP contribution in [0.1, 0.15) is 47.1 Å². The molecule has 0 fully saturated rings. The van der Waals surface area contributed by atoms with Gasteiger partial charge >= 0.3 is 0 Å². The highest BCUT2D eigenvalue weighted by atomic mass is 19.3. The second kappa shape index (κ2) is 12.6. The van der Waals surface area contributed by atoms with Crippen molar-refractivity contribution in [3.63, 3.8) is 0 Å². The molecule has 0 aliphatic rings. The van der Waals surface area contributed by atoms with Gasteiger partial charge in [-0.3, -0.25) is 14.4 Å². The molecule has 8 nitrogen and oxygen atoms in total. The van der Waals surface area contributed by atoms with Crippen molar-refractivity contribution >= 4 is 42.4 Å². The molecule has 0 unspecified atom stereocenters. The average molecular weight is 558 g/mol. The number of benzene rings is 2. The van der Waals surface area contributed by atoms with E-state index < -0.39 is 53.3 Å². The number of carbonyl (C=O) groups excluding carboxylic acids is 3. The van der Waals surface area contributed by atoms with E-state index in [0.29, 0.717) is 5.69 Å². The van der Waals surface area contributed by atoms with E-state index >= 15 is 4.39 Å². The van der Waals surface area contributed by atoms with Crippen molar-refractivity contribution in [1.82, 2.24) is 10.3 Å². The van der Waals surface area contributed by atoms with Gasteiger partial charge < -0.3 is 20.7 Å². The van der Waals surface area contributed by atoms with Crippen molar-refractivity contribution < 1.29 is 36.7 Å². The smallest absolute Gasteiger partial charge is 0.272 e. The summed E-state index contributed by atoms with van der Waals surface area (Å²) in [7, 11) is 1.85. The molecule has 40 heavy (non-hydrogen) atoms. The molecule has 0 aliphatic heterocycles. The van der Waals surface area contributed by atoms with Crippen LogP contribution in [0.4, 0.5) is 28.9 Å². The molecule has 0 atom stereocenters. The number of rotatable bonds is 9. The Morgan fingerprint density at radius 3 is 2.25 bits per heavy atom. The van der Waals surface area contributed by atoms with Crippen molar-refractivity contribution in [2.24, 2.45) is 5.41 Å². The highest BCUT2D eigenvalue weighted by Gasteiger charge is 2.25. The van der Waals surface area contributed by atoms with Crippen molar-refractivity contribution in [2.45, 2.75) is 33.7 Å². The normalized spacial score (nSPS) is 11.2. The highest BCUT2D eigenvalue weighted by Crippen LogP contribution is 2.24. The number of hydrogen-bond acceptors (Lipinski definition) is 5. The van der Waals surface area contributed by atoms with Crippen LogP contribution >= 0.6 is 0 Å². The lowest BCUT2D eigenvalue weighted by Gasteiger charge is -2.18. The summed E-state index contributed by atoms with van der Waals surface area (Å²) >= 11 is 0. The van der Waals surface area contributed by atoms with Crippen molar-refractivity contribution in [2.75, 3.05) is 17.2 Å². The van der Waals surface area contributed by atoms with Gasteiger partial charge in [-0.2, -0.15) is 0 Å². The minimum atomic E-state index is -2.85. The highest BCUT2D eigenvalue weighted by molar-refractivity contribution is 6.32. The van der Waals surface area contributed by atoms with Gasteiger partial charge in [0.25, 0.3) is 18.2 Å². The van der Waals surface area contributed by atoms with E-state index in [0.717, 1.165) is 29.9 Å². The summed E-state index contributed by atoms with van der Waals surface area (Å²) in [4.78, 5) is 41.8. The fourth-order valence-electron chi connectivity index (χ4n) is 3.35. The summed E-state index contributed by atoms with van der Waals surface area (Å²) in [5.74, 6) is -5.15. The monoisotopic (exact) mass is 558 g/mol. The average Bonchev–Trinajstić information content (AvgIpc) is 2.88. The number of carbonyl (C=O) groups is 3. The molecule has 1 aromatic heterocycles. The third-order valence-electron chi connectivity index (χ3n) is 5.53. The van der Waals surface area contributed by atoms with Crippen LogP contribution < -0.4 is 26.2 Å². The molecule has 3 rings (SSSR count). The predicted molar refractivity (Wildman–Crippen MR) is 144 cm³/mol. The zero-order chi connectivity index (χ0) is 29.6. The van der Waals surface area contributed by atoms with E-state index in [1.54, 1.807) is 45.0 Å². The third kappa shape index (κ3) is 7.81. The quantitative estimate of drug-likeness (QED) is 0.276. The van der Waals surface area contributed by atoms with Crippen LogP contribution in [0.15, 0.2) is 48.7 Å². The van der Waals surface area contributed by atoms with Crippen molar-refractivity contribution in [3.05, 3.63) is 77.0 Å². The van der Waals surface area contributed by atoms with Crippen LogP contribution in [-0.4, -0.2) is 43.6 Å². The maximum Gasteiger partial charge on any atom is 0.272 e. The number of aromatic nitrogens is 1. The van der Waals surface area contributed by atoms with Crippen LogP contribution in [0.25, 0.3) is 0 Å². The first kappa shape index (κ1) is 30.1. The number of hydrogen-bond donors (Lipinski definition) is 3. The Morgan fingerprint density at radius 2 is 1.62 bits per heavy atom. The second-order valence-electron chi connectivity index (χ2n) is 9.88. The fourth-order valence-corrected chi connectivity index (χ4v) is 3.35. The van der Waals surface area contributed by atoms with E-state index in [-0.39, 0.29) is 29.3 Å². The maximum atomic E-state index is 15.1. The lowest BCUT2D eigenvalue weighted by Crippen LogP contribution is -2.34. The van der Waals surface area contributed by atoms with E-state index in [1.165, 1.54) is 0 Å². The largest absolute Gasteiger partial charge is 0.471 e. The second-order valence-corrected chi connectivity index (χ2v) is 9.88. The maximum absolute atomic E-state index is 15.1. The van der Waals surface area contributed by atoms with Crippen LogP contribution in [0.3, 0.4) is 0 Å². The van der Waals surface area contributed by atoms with Gasteiger partial charge in [0.15, 0.2) is 6.61 Å². The third-order valence-corrected chi connectivity index (χ3v) is 5.53. The molecular weight excluding hydrogens is 531 g/mol. The lowest BCUT2D eigenvalue weighted by molar-refractivity contribution is -0.128. The number of nitrogens with one attached hydrogen (secondary N) is 3. The molecule has 3 aromatic rings. The summed E-state index contributed by atoms with van der Waals surface area (Å²) in [6, 6.07) is 9.79. The molecule has 3 amide bonds. The summed E-state index contributed by atoms with van der Waals surface area (Å²) < 4.78 is 60.1. The molecule has 0 saturated carbocycles. The zero-order valence-electron chi connectivity index (χ0n) is 22.2. The van der Waals surface area contributed by atoms with Crippen molar-refractivity contribution in [1.29, 1.82) is 0 Å². The van der Waals surface area contributed by atoms with Gasteiger partial charge in [-0.05, 0) is 24.3 Å². The van der Waals surface area contributed by atoms with Gasteiger partial charge in [0.05, 0.1) is 11.9 Å². The van der Waals surface area contributed by atoms with E-state index in [9.17, 15) is 27.6 Å². The Morgan fingerprint density at radius 1 is 0.975 bits per heavy atom. The number of anilines is 2. The molecule has 210 valence electrons. The number of amides is 3. The molecule has 13 heteroatoms. The number of ether oxygens (including phenoxy) is 1. The molecule has 0 spiro atoms. The van der Waals surface area contributed by atoms with Gasteiger partial charge in [-0.25, -0.2) is 22.5 Å². The Hall–Kier alpha value is -4.42. The van der Waals surface area contributed by atoms with Crippen LogP contribution in [0, 0.1) is 17.0 Å². The van der Waals surface area contributed by atoms with E-state index in [2.05, 4.69) is 20.9 Å². The van der Waals surface area contributed by atoms with E-state index in [1.807, 2.05) is 7.85 Å². The van der Waals surface area contributed by atoms with Gasteiger partial charge in [0.1, 0.15) is 30.6 Å². The number of nitrogens with zero attached hydrogens (tertiary/aromatic N) is 1. The fraction of sp³-hybridized carbons (Fsp3) is 0.259. The van der Waals surface area contributed by atoms with Crippen LogP contribution in [-0.2, 0) is 11.3 Å². The van der Waals surface area contributed by atoms with Crippen LogP contribution in [0.5, 0.6) is 5.88 Å². The van der Waals surface area contributed by atoms with Gasteiger partial charge in [0, 0.05) is 23.2 Å². The molecule has 0 bridgehead atoms. The van der Waals surface area contributed by atoms with Crippen molar-refractivity contribution in [3.8, 4) is 5.88 Å². The van der Waals surface area contributed by atoms with E-state index in [4.69, 9.17) is 4.74 Å². The summed E-state index contributed by atoms with van der Waals surface area (Å²) in [5.41, 5.74) is -0.942. The molecule has 3 N–H and O–H groups in total. The van der Waals surface area contributed by atoms with Gasteiger partial charge in [0.2, 0.25) is 11.8 Å². The molecular formula is C27H27BF4N4O4. The Kier molecular flexibility index (Phi) is 9.51. The zero-order valence-corrected chi connectivity index (χ0v) is 22.2. The predicted octanol–water partition coefficient (Wildman–Crippen LogP) is 3.43. The molecule has 0 saturated heterocycles. The lowest BCUT2D eigenvalue weighted by atomic mass is 9.95. The summed E-state index contributed by atoms with van der Waals surface area (Å²) in [6.45, 7) is 3.65. The Bertz CT molecular complexity index is 1410. The standard InChI is InChI=1S/C27H27BF4N4O4/c1-27(2,3)26(39)34-11-14-4-9-19(29)21(22(14)32)24(38)36-17-10-18(25(33-12-17)40-13-20(30)31)23(37)35-16-7-5-15(28)6-8-16/h4-10,12,20H,11,13,28H2,1-3H3,(H,34,39)(H,35,37)(H,36,38). The molecule has 0 radical (unpaired) electrons. The minimum Gasteiger partial charge on any atom is -0.471 e. The van der Waals surface area contributed by atoms with Gasteiger partial charge in [-0.1, -0.05) is 44.4 Å². The first-order chi connectivity index (χ1) is 18.8. The number of alkyl halides is 2. The number of halogens is 4. The molecule has 1 heterocycles. The van der Waals surface area contributed by atoms with Crippen LogP contribution in [0.2, 0.25) is 0 Å². The SMILES string of the molecule is Bc1ccc(NC(=O)c2cc(NC(=O)c3c(F)ccc(CNC(=O)C(C)(C)C)c3F)cnc2OCC(F)F)cc1. The summed E-state index contributed by atoms with van der Waals surface area (Å²) in [5, 5.41) is 7.36. The minimum absolute atomic E-state index is 0.129.